The highest BCUT2D eigenvalue weighted by molar-refractivity contribution is 7.99. The first-order chi connectivity index (χ1) is 8.31. The van der Waals surface area contributed by atoms with E-state index in [0.717, 1.165) is 19.0 Å². The molecule has 2 rings (SSSR count). The van der Waals surface area contributed by atoms with E-state index >= 15 is 0 Å². The summed E-state index contributed by atoms with van der Waals surface area (Å²) in [5.74, 6) is 3.41. The van der Waals surface area contributed by atoms with Gasteiger partial charge in [0.05, 0.1) is 0 Å². The van der Waals surface area contributed by atoms with Gasteiger partial charge in [-0.2, -0.15) is 11.8 Å². The van der Waals surface area contributed by atoms with Gasteiger partial charge in [0.25, 0.3) is 0 Å². The summed E-state index contributed by atoms with van der Waals surface area (Å²) in [4.78, 5) is 3.89. The number of nitrogens with two attached hydrogens (primary N) is 1. The van der Waals surface area contributed by atoms with Gasteiger partial charge >= 0.3 is 0 Å². The van der Waals surface area contributed by atoms with Crippen LogP contribution in [0.1, 0.15) is 17.7 Å². The van der Waals surface area contributed by atoms with Gasteiger partial charge in [0.2, 0.25) is 0 Å². The smallest absolute Gasteiger partial charge is 0.0328 e. The van der Waals surface area contributed by atoms with Gasteiger partial charge < -0.3 is 5.73 Å². The van der Waals surface area contributed by atoms with Crippen LogP contribution in [0.5, 0.6) is 0 Å². The van der Waals surface area contributed by atoms with E-state index in [0.29, 0.717) is 6.04 Å². The molecular formula is C13H22N2S2. The second-order valence-electron chi connectivity index (χ2n) is 4.77. The Morgan fingerprint density at radius 3 is 3.06 bits per heavy atom. The molecule has 0 aromatic carbocycles. The number of thioether (sulfide) groups is 1. The van der Waals surface area contributed by atoms with Gasteiger partial charge in [0.15, 0.2) is 0 Å². The molecule has 1 fully saturated rings. The number of hydrogen-bond acceptors (Lipinski definition) is 4. The maximum atomic E-state index is 5.99. The molecule has 0 saturated carbocycles. The van der Waals surface area contributed by atoms with Crippen LogP contribution in [0.4, 0.5) is 0 Å². The molecule has 0 amide bonds. The van der Waals surface area contributed by atoms with Crippen LogP contribution in [0.3, 0.4) is 0 Å². The summed E-state index contributed by atoms with van der Waals surface area (Å²) >= 11 is 3.93. The lowest BCUT2D eigenvalue weighted by Crippen LogP contribution is -2.44. The van der Waals surface area contributed by atoms with Crippen LogP contribution in [0.2, 0.25) is 0 Å². The molecule has 1 aromatic heterocycles. The summed E-state index contributed by atoms with van der Waals surface area (Å²) in [5.41, 5.74) is 5.99. The fraction of sp³-hybridized carbons (Fsp3) is 0.692. The van der Waals surface area contributed by atoms with Crippen molar-refractivity contribution in [3.05, 3.63) is 22.4 Å². The first-order valence-electron chi connectivity index (χ1n) is 6.31. The molecule has 2 unspecified atom stereocenters. The Kier molecular flexibility index (Phi) is 5.35. The third-order valence-electron chi connectivity index (χ3n) is 3.53. The van der Waals surface area contributed by atoms with Crippen LogP contribution in [0.15, 0.2) is 17.5 Å². The molecule has 2 nitrogen and oxygen atoms in total. The molecule has 17 heavy (non-hydrogen) atoms. The quantitative estimate of drug-likeness (QED) is 0.892. The Morgan fingerprint density at radius 1 is 1.59 bits per heavy atom. The monoisotopic (exact) mass is 270 g/mol. The molecule has 2 N–H and O–H groups in total. The van der Waals surface area contributed by atoms with Crippen molar-refractivity contribution in [1.82, 2.24) is 4.90 Å². The van der Waals surface area contributed by atoms with Crippen LogP contribution in [0, 0.1) is 5.92 Å². The van der Waals surface area contributed by atoms with Crippen molar-refractivity contribution >= 4 is 23.1 Å². The third-order valence-corrected chi connectivity index (χ3v) is 5.64. The van der Waals surface area contributed by atoms with E-state index in [2.05, 4.69) is 41.2 Å². The lowest BCUT2D eigenvalue weighted by atomic mass is 9.95. The van der Waals surface area contributed by atoms with Crippen molar-refractivity contribution in [1.29, 1.82) is 0 Å². The van der Waals surface area contributed by atoms with E-state index in [1.54, 1.807) is 0 Å². The molecule has 1 saturated heterocycles. The standard InChI is InChI=1S/C13H22N2S2/c1-15(9-12-5-3-7-17-12)13(8-14)11-4-2-6-16-10-11/h3,5,7,11,13H,2,4,6,8-10,14H2,1H3. The molecule has 4 heteroatoms. The molecular weight excluding hydrogens is 248 g/mol. The molecule has 2 atom stereocenters. The molecule has 1 aromatic rings. The summed E-state index contributed by atoms with van der Waals surface area (Å²) in [5, 5.41) is 2.15. The minimum Gasteiger partial charge on any atom is -0.329 e. The van der Waals surface area contributed by atoms with Crippen molar-refractivity contribution in [2.45, 2.75) is 25.4 Å². The van der Waals surface area contributed by atoms with Crippen LogP contribution >= 0.6 is 23.1 Å². The number of nitrogens with zero attached hydrogens (tertiary/aromatic N) is 1. The lowest BCUT2D eigenvalue weighted by molar-refractivity contribution is 0.177. The van der Waals surface area contributed by atoms with Crippen molar-refractivity contribution < 1.29 is 0 Å². The first kappa shape index (κ1) is 13.4. The van der Waals surface area contributed by atoms with Crippen LogP contribution < -0.4 is 5.73 Å². The minimum absolute atomic E-state index is 0.546. The molecule has 1 aliphatic rings. The first-order valence-corrected chi connectivity index (χ1v) is 8.35. The zero-order chi connectivity index (χ0) is 12.1. The lowest BCUT2D eigenvalue weighted by Gasteiger charge is -2.35. The predicted octanol–water partition coefficient (Wildman–Crippen LogP) is 2.65. The maximum Gasteiger partial charge on any atom is 0.0328 e. The van der Waals surface area contributed by atoms with Crippen molar-refractivity contribution in [2.24, 2.45) is 11.7 Å². The van der Waals surface area contributed by atoms with E-state index in [1.807, 2.05) is 11.3 Å². The Labute approximate surface area is 113 Å². The SMILES string of the molecule is CN(Cc1cccs1)C(CN)C1CCCSC1. The van der Waals surface area contributed by atoms with E-state index < -0.39 is 0 Å². The van der Waals surface area contributed by atoms with Crippen LogP contribution in [-0.2, 0) is 6.54 Å². The number of likely N-dealkylation sites (N-methyl/N-ethyl adjacent to an activating group) is 1. The highest BCUT2D eigenvalue weighted by Crippen LogP contribution is 2.28. The van der Waals surface area contributed by atoms with E-state index in [1.165, 1.54) is 29.2 Å². The Bertz CT molecular complexity index is 307. The molecule has 0 bridgehead atoms. The molecule has 1 aliphatic heterocycles. The molecule has 2 heterocycles. The fourth-order valence-corrected chi connectivity index (χ4v) is 4.56. The second kappa shape index (κ2) is 6.78. The van der Waals surface area contributed by atoms with Gasteiger partial charge in [0.1, 0.15) is 0 Å². The van der Waals surface area contributed by atoms with Gasteiger partial charge in [-0.05, 0) is 48.8 Å². The zero-order valence-corrected chi connectivity index (χ0v) is 12.1. The third kappa shape index (κ3) is 3.71. The van der Waals surface area contributed by atoms with Crippen molar-refractivity contribution in [2.75, 3.05) is 25.1 Å². The summed E-state index contributed by atoms with van der Waals surface area (Å²) in [6.07, 6.45) is 2.71. The number of hydrogen-bond donors (Lipinski definition) is 1. The van der Waals surface area contributed by atoms with Gasteiger partial charge in [0, 0.05) is 24.0 Å². The minimum atomic E-state index is 0.546. The maximum absolute atomic E-state index is 5.99. The molecule has 96 valence electrons. The number of rotatable bonds is 5. The zero-order valence-electron chi connectivity index (χ0n) is 10.5. The van der Waals surface area contributed by atoms with E-state index in [9.17, 15) is 0 Å². The van der Waals surface area contributed by atoms with Crippen LogP contribution in [0.25, 0.3) is 0 Å². The second-order valence-corrected chi connectivity index (χ2v) is 6.96. The van der Waals surface area contributed by atoms with Gasteiger partial charge in [-0.25, -0.2) is 0 Å². The van der Waals surface area contributed by atoms with Gasteiger partial charge in [-0.15, -0.1) is 11.3 Å². The Hall–Kier alpha value is -0.0300. The summed E-state index contributed by atoms with van der Waals surface area (Å²) in [7, 11) is 2.22. The molecule has 0 spiro atoms. The summed E-state index contributed by atoms with van der Waals surface area (Å²) in [6, 6.07) is 4.89. The Morgan fingerprint density at radius 2 is 2.47 bits per heavy atom. The fourth-order valence-electron chi connectivity index (χ4n) is 2.57. The predicted molar refractivity (Wildman–Crippen MR) is 78.7 cm³/mol. The molecule has 0 aliphatic carbocycles. The molecule has 0 radical (unpaired) electrons. The number of thiophene rings is 1. The highest BCUT2D eigenvalue weighted by atomic mass is 32.2. The Balaban J connectivity index is 1.92. The van der Waals surface area contributed by atoms with Crippen LogP contribution in [-0.4, -0.2) is 36.0 Å². The summed E-state index contributed by atoms with van der Waals surface area (Å²) < 4.78 is 0. The van der Waals surface area contributed by atoms with Crippen molar-refractivity contribution in [3.8, 4) is 0 Å². The average Bonchev–Trinajstić information content (AvgIpc) is 2.84. The average molecular weight is 270 g/mol. The topological polar surface area (TPSA) is 29.3 Å². The van der Waals surface area contributed by atoms with Gasteiger partial charge in [-0.1, -0.05) is 6.07 Å². The summed E-state index contributed by atoms with van der Waals surface area (Å²) in [6.45, 7) is 1.83. The van der Waals surface area contributed by atoms with Crippen molar-refractivity contribution in [3.63, 3.8) is 0 Å². The van der Waals surface area contributed by atoms with E-state index in [4.69, 9.17) is 5.73 Å². The highest BCUT2D eigenvalue weighted by Gasteiger charge is 2.26. The normalized spacial score (nSPS) is 22.9. The largest absolute Gasteiger partial charge is 0.329 e. The van der Waals surface area contributed by atoms with E-state index in [-0.39, 0.29) is 0 Å². The van der Waals surface area contributed by atoms with Gasteiger partial charge in [-0.3, -0.25) is 4.90 Å².